The molecule has 4 nitrogen and oxygen atoms in total. The van der Waals surface area contributed by atoms with E-state index in [2.05, 4.69) is 0 Å². The summed E-state index contributed by atoms with van der Waals surface area (Å²) in [7, 11) is 0. The number of ether oxygens (including phenoxy) is 2. The highest BCUT2D eigenvalue weighted by atomic mass is 16.7. The van der Waals surface area contributed by atoms with Crippen LogP contribution in [0.4, 0.5) is 0 Å². The van der Waals surface area contributed by atoms with Gasteiger partial charge in [-0.15, -0.1) is 0 Å². The molecule has 0 aromatic heterocycles. The standard InChI is InChI=1S/C14H22N2O2/c1-10(15)13-8-7-12(16)14(18-13)17-9-11-5-3-2-4-6-11/h2-6,10,12-14H,7-9,15-16H2,1H3/t10?,12-,13+,14+/m1/s1. The predicted octanol–water partition coefficient (Wildman–Crippen LogP) is 1.38. The molecule has 0 amide bonds. The van der Waals surface area contributed by atoms with Crippen LogP contribution in [-0.2, 0) is 16.1 Å². The van der Waals surface area contributed by atoms with Crippen LogP contribution in [0, 0.1) is 0 Å². The van der Waals surface area contributed by atoms with E-state index in [4.69, 9.17) is 20.9 Å². The summed E-state index contributed by atoms with van der Waals surface area (Å²) in [6.07, 6.45) is 1.50. The van der Waals surface area contributed by atoms with Crippen molar-refractivity contribution in [1.82, 2.24) is 0 Å². The Morgan fingerprint density at radius 3 is 2.72 bits per heavy atom. The molecule has 1 fully saturated rings. The molecule has 0 radical (unpaired) electrons. The van der Waals surface area contributed by atoms with Crippen LogP contribution < -0.4 is 11.5 Å². The number of nitrogens with two attached hydrogens (primary N) is 2. The monoisotopic (exact) mass is 250 g/mol. The third kappa shape index (κ3) is 3.53. The minimum Gasteiger partial charge on any atom is -0.346 e. The van der Waals surface area contributed by atoms with E-state index in [0.29, 0.717) is 6.61 Å². The van der Waals surface area contributed by atoms with Crippen molar-refractivity contribution in [2.45, 2.75) is 50.8 Å². The van der Waals surface area contributed by atoms with Crippen LogP contribution in [0.2, 0.25) is 0 Å². The Morgan fingerprint density at radius 2 is 2.06 bits per heavy atom. The highest BCUT2D eigenvalue weighted by molar-refractivity contribution is 5.13. The predicted molar refractivity (Wildman–Crippen MR) is 70.8 cm³/mol. The van der Waals surface area contributed by atoms with Crippen LogP contribution >= 0.6 is 0 Å². The average Bonchev–Trinajstić information content (AvgIpc) is 2.38. The van der Waals surface area contributed by atoms with Crippen molar-refractivity contribution in [2.24, 2.45) is 11.5 Å². The molecule has 0 aliphatic carbocycles. The zero-order chi connectivity index (χ0) is 13.0. The molecule has 1 aromatic rings. The summed E-state index contributed by atoms with van der Waals surface area (Å²) >= 11 is 0. The molecule has 4 atom stereocenters. The second kappa shape index (κ2) is 6.29. The van der Waals surface area contributed by atoms with Crippen LogP contribution in [0.3, 0.4) is 0 Å². The Labute approximate surface area is 108 Å². The fraction of sp³-hybridized carbons (Fsp3) is 0.571. The molecule has 0 bridgehead atoms. The summed E-state index contributed by atoms with van der Waals surface area (Å²) in [5.74, 6) is 0. The van der Waals surface area contributed by atoms with Gasteiger partial charge in [0.25, 0.3) is 0 Å². The normalized spacial score (nSPS) is 30.1. The van der Waals surface area contributed by atoms with E-state index in [1.165, 1.54) is 0 Å². The first kappa shape index (κ1) is 13.5. The minimum atomic E-state index is -0.352. The number of rotatable bonds is 4. The Hall–Kier alpha value is -0.940. The molecule has 100 valence electrons. The van der Waals surface area contributed by atoms with Gasteiger partial charge in [0.1, 0.15) is 0 Å². The number of hydrogen-bond acceptors (Lipinski definition) is 4. The van der Waals surface area contributed by atoms with Gasteiger partial charge in [-0.2, -0.15) is 0 Å². The van der Waals surface area contributed by atoms with Gasteiger partial charge in [-0.05, 0) is 25.3 Å². The van der Waals surface area contributed by atoms with E-state index in [0.717, 1.165) is 18.4 Å². The maximum absolute atomic E-state index is 6.01. The molecule has 1 heterocycles. The van der Waals surface area contributed by atoms with E-state index < -0.39 is 0 Å². The van der Waals surface area contributed by atoms with Crippen molar-refractivity contribution in [3.05, 3.63) is 35.9 Å². The van der Waals surface area contributed by atoms with Gasteiger partial charge in [-0.3, -0.25) is 0 Å². The number of hydrogen-bond donors (Lipinski definition) is 2. The lowest BCUT2D eigenvalue weighted by molar-refractivity contribution is -0.211. The fourth-order valence-electron chi connectivity index (χ4n) is 2.14. The Bertz CT molecular complexity index is 356. The molecule has 1 saturated heterocycles. The Kier molecular flexibility index (Phi) is 4.72. The molecule has 1 unspecified atom stereocenters. The summed E-state index contributed by atoms with van der Waals surface area (Å²) in [5, 5.41) is 0. The highest BCUT2D eigenvalue weighted by Crippen LogP contribution is 2.21. The van der Waals surface area contributed by atoms with E-state index in [1.807, 2.05) is 37.3 Å². The Balaban J connectivity index is 1.87. The van der Waals surface area contributed by atoms with Gasteiger partial charge < -0.3 is 20.9 Å². The van der Waals surface area contributed by atoms with Gasteiger partial charge in [0.05, 0.1) is 18.8 Å². The van der Waals surface area contributed by atoms with Gasteiger partial charge in [-0.1, -0.05) is 30.3 Å². The first-order valence-electron chi connectivity index (χ1n) is 6.49. The van der Waals surface area contributed by atoms with Crippen molar-refractivity contribution in [3.63, 3.8) is 0 Å². The van der Waals surface area contributed by atoms with Crippen molar-refractivity contribution in [3.8, 4) is 0 Å². The summed E-state index contributed by atoms with van der Waals surface area (Å²) in [6.45, 7) is 2.47. The smallest absolute Gasteiger partial charge is 0.173 e. The Morgan fingerprint density at radius 1 is 1.33 bits per heavy atom. The summed E-state index contributed by atoms with van der Waals surface area (Å²) in [6, 6.07) is 9.97. The van der Waals surface area contributed by atoms with Crippen LogP contribution in [0.25, 0.3) is 0 Å². The van der Waals surface area contributed by atoms with Gasteiger partial charge in [-0.25, -0.2) is 0 Å². The lowest BCUT2D eigenvalue weighted by Gasteiger charge is -2.36. The summed E-state index contributed by atoms with van der Waals surface area (Å²) in [5.41, 5.74) is 13.0. The average molecular weight is 250 g/mol. The van der Waals surface area contributed by atoms with E-state index in [-0.39, 0.29) is 24.5 Å². The molecular formula is C14H22N2O2. The van der Waals surface area contributed by atoms with Crippen LogP contribution in [-0.4, -0.2) is 24.5 Å². The van der Waals surface area contributed by atoms with Gasteiger partial charge in [0.15, 0.2) is 6.29 Å². The maximum atomic E-state index is 6.01. The van der Waals surface area contributed by atoms with Crippen LogP contribution in [0.1, 0.15) is 25.3 Å². The number of benzene rings is 1. The summed E-state index contributed by atoms with van der Waals surface area (Å²) in [4.78, 5) is 0. The fourth-order valence-corrected chi connectivity index (χ4v) is 2.14. The van der Waals surface area contributed by atoms with Crippen LogP contribution in [0.15, 0.2) is 30.3 Å². The molecule has 0 spiro atoms. The SMILES string of the molecule is CC(N)[C@@H]1CC[C@@H](N)[C@@H](OCc2ccccc2)O1. The van der Waals surface area contributed by atoms with Crippen molar-refractivity contribution < 1.29 is 9.47 Å². The first-order valence-corrected chi connectivity index (χ1v) is 6.49. The second-order valence-electron chi connectivity index (χ2n) is 4.94. The third-order valence-corrected chi connectivity index (χ3v) is 3.29. The second-order valence-corrected chi connectivity index (χ2v) is 4.94. The molecule has 1 aromatic carbocycles. The van der Waals surface area contributed by atoms with Crippen molar-refractivity contribution in [2.75, 3.05) is 0 Å². The van der Waals surface area contributed by atoms with Crippen LogP contribution in [0.5, 0.6) is 0 Å². The first-order chi connectivity index (χ1) is 8.66. The van der Waals surface area contributed by atoms with E-state index in [1.54, 1.807) is 0 Å². The molecule has 0 saturated carbocycles. The highest BCUT2D eigenvalue weighted by Gasteiger charge is 2.31. The molecule has 4 heteroatoms. The van der Waals surface area contributed by atoms with Crippen molar-refractivity contribution >= 4 is 0 Å². The zero-order valence-corrected chi connectivity index (χ0v) is 10.8. The molecule has 4 N–H and O–H groups in total. The van der Waals surface area contributed by atoms with E-state index in [9.17, 15) is 0 Å². The quantitative estimate of drug-likeness (QED) is 0.847. The maximum Gasteiger partial charge on any atom is 0.173 e. The minimum absolute atomic E-state index is 0.0142. The third-order valence-electron chi connectivity index (χ3n) is 3.29. The molecule has 18 heavy (non-hydrogen) atoms. The lowest BCUT2D eigenvalue weighted by atomic mass is 10.0. The van der Waals surface area contributed by atoms with Crippen molar-refractivity contribution in [1.29, 1.82) is 0 Å². The largest absolute Gasteiger partial charge is 0.346 e. The molecule has 2 rings (SSSR count). The molecule has 1 aliphatic heterocycles. The molecular weight excluding hydrogens is 228 g/mol. The zero-order valence-electron chi connectivity index (χ0n) is 10.8. The topological polar surface area (TPSA) is 70.5 Å². The molecule has 1 aliphatic rings. The van der Waals surface area contributed by atoms with Gasteiger partial charge in [0, 0.05) is 6.04 Å². The summed E-state index contributed by atoms with van der Waals surface area (Å²) < 4.78 is 11.6. The van der Waals surface area contributed by atoms with Gasteiger partial charge >= 0.3 is 0 Å². The lowest BCUT2D eigenvalue weighted by Crippen LogP contribution is -2.50. The van der Waals surface area contributed by atoms with E-state index >= 15 is 0 Å². The van der Waals surface area contributed by atoms with Gasteiger partial charge in [0.2, 0.25) is 0 Å².